The third-order valence-corrected chi connectivity index (χ3v) is 8.11. The van der Waals surface area contributed by atoms with E-state index in [9.17, 15) is 14.3 Å². The second kappa shape index (κ2) is 11.1. The van der Waals surface area contributed by atoms with Gasteiger partial charge in [-0.1, -0.05) is 17.7 Å². The van der Waals surface area contributed by atoms with Crippen LogP contribution in [0, 0.1) is 23.6 Å². The van der Waals surface area contributed by atoms with Crippen LogP contribution in [-0.2, 0) is 9.53 Å². The molecule has 3 N–H and O–H groups in total. The minimum atomic E-state index is -0.512. The van der Waals surface area contributed by atoms with Crippen LogP contribution in [0.3, 0.4) is 0 Å². The molecule has 204 valence electrons. The normalized spacial score (nSPS) is 24.0. The first-order valence-corrected chi connectivity index (χ1v) is 13.4. The second-order valence-corrected chi connectivity index (χ2v) is 10.6. The molecule has 2 saturated heterocycles. The first kappa shape index (κ1) is 25.9. The minimum Gasteiger partial charge on any atom is -0.491 e. The van der Waals surface area contributed by atoms with Crippen molar-refractivity contribution in [1.82, 2.24) is 14.9 Å². The number of nitrogens with one attached hydrogen (secondary N) is 2. The van der Waals surface area contributed by atoms with Gasteiger partial charge in [0.1, 0.15) is 23.7 Å². The molecule has 3 aromatic rings. The minimum absolute atomic E-state index is 0.00688. The highest BCUT2D eigenvalue weighted by Gasteiger charge is 2.54. The number of aliphatic hydroxyl groups is 1. The van der Waals surface area contributed by atoms with Gasteiger partial charge in [0.2, 0.25) is 5.91 Å². The van der Waals surface area contributed by atoms with E-state index in [4.69, 9.17) is 21.1 Å². The number of ether oxygens (including phenoxy) is 2. The molecule has 3 heterocycles. The maximum absolute atomic E-state index is 13.6. The Morgan fingerprint density at radius 3 is 2.85 bits per heavy atom. The van der Waals surface area contributed by atoms with Gasteiger partial charge in [0.25, 0.3) is 0 Å². The van der Waals surface area contributed by atoms with Crippen molar-refractivity contribution in [2.24, 2.45) is 17.8 Å². The van der Waals surface area contributed by atoms with Gasteiger partial charge in [0, 0.05) is 48.3 Å². The first-order valence-electron chi connectivity index (χ1n) is 13.0. The molecule has 2 aliphatic heterocycles. The van der Waals surface area contributed by atoms with Crippen molar-refractivity contribution in [2.45, 2.75) is 12.5 Å². The van der Waals surface area contributed by atoms with Crippen molar-refractivity contribution in [2.75, 3.05) is 50.2 Å². The van der Waals surface area contributed by atoms with Crippen molar-refractivity contribution in [3.05, 3.63) is 59.7 Å². The lowest BCUT2D eigenvalue weighted by molar-refractivity contribution is -0.111. The number of hydrogen-bond donors (Lipinski definition) is 3. The summed E-state index contributed by atoms with van der Waals surface area (Å²) in [6, 6.07) is 8.05. The molecular weight excluding hydrogens is 525 g/mol. The number of anilines is 3. The van der Waals surface area contributed by atoms with Crippen molar-refractivity contribution >= 4 is 45.6 Å². The van der Waals surface area contributed by atoms with Gasteiger partial charge in [-0.05, 0) is 42.5 Å². The number of aliphatic hydroxyl groups excluding tert-OH is 1. The number of amides is 1. The van der Waals surface area contributed by atoms with Crippen LogP contribution in [0.25, 0.3) is 10.9 Å². The number of nitrogens with zero attached hydrogens (tertiary/aromatic N) is 3. The number of carbonyl (C=O) groups excluding carboxylic acids is 1. The molecular formula is C28H29ClFN5O4. The summed E-state index contributed by atoms with van der Waals surface area (Å²) in [4.78, 5) is 23.7. The second-order valence-electron chi connectivity index (χ2n) is 10.2. The van der Waals surface area contributed by atoms with Crippen molar-refractivity contribution in [1.29, 1.82) is 0 Å². The van der Waals surface area contributed by atoms with Gasteiger partial charge >= 0.3 is 0 Å². The molecule has 39 heavy (non-hydrogen) atoms. The molecule has 0 bridgehead atoms. The smallest absolute Gasteiger partial charge is 0.248 e. The van der Waals surface area contributed by atoms with Crippen LogP contribution in [0.5, 0.6) is 5.75 Å². The topological polar surface area (TPSA) is 109 Å². The Balaban J connectivity index is 1.24. The van der Waals surface area contributed by atoms with E-state index in [1.165, 1.54) is 24.5 Å². The number of aromatic nitrogens is 2. The highest BCUT2D eigenvalue weighted by atomic mass is 35.5. The number of carbonyl (C=O) groups is 1. The third-order valence-electron chi connectivity index (χ3n) is 7.82. The van der Waals surface area contributed by atoms with E-state index in [1.54, 1.807) is 24.3 Å². The van der Waals surface area contributed by atoms with Gasteiger partial charge in [-0.2, -0.15) is 0 Å². The summed E-state index contributed by atoms with van der Waals surface area (Å²) < 4.78 is 25.4. The Hall–Kier alpha value is -3.31. The lowest BCUT2D eigenvalue weighted by Gasteiger charge is -2.39. The van der Waals surface area contributed by atoms with E-state index < -0.39 is 5.82 Å². The molecule has 0 spiro atoms. The summed E-state index contributed by atoms with van der Waals surface area (Å²) >= 11 is 5.95. The predicted octanol–water partition coefficient (Wildman–Crippen LogP) is 4.00. The molecule has 6 rings (SSSR count). The van der Waals surface area contributed by atoms with E-state index in [2.05, 4.69) is 25.5 Å². The van der Waals surface area contributed by atoms with E-state index >= 15 is 0 Å². The van der Waals surface area contributed by atoms with Gasteiger partial charge in [0.15, 0.2) is 0 Å². The Morgan fingerprint density at radius 1 is 1.26 bits per heavy atom. The summed E-state index contributed by atoms with van der Waals surface area (Å²) in [5.74, 6) is 1.71. The van der Waals surface area contributed by atoms with Crippen LogP contribution in [-0.4, -0.2) is 71.4 Å². The fourth-order valence-electron chi connectivity index (χ4n) is 5.31. The van der Waals surface area contributed by atoms with Crippen LogP contribution in [0.2, 0.25) is 5.02 Å². The van der Waals surface area contributed by atoms with Crippen LogP contribution in [0.4, 0.5) is 21.6 Å². The van der Waals surface area contributed by atoms with Gasteiger partial charge in [-0.3, -0.25) is 9.69 Å². The first-order chi connectivity index (χ1) is 19.0. The number of fused-ring (bicyclic) bond motifs is 2. The Labute approximate surface area is 230 Å². The molecule has 2 aromatic carbocycles. The number of benzene rings is 2. The maximum atomic E-state index is 13.6. The molecule has 0 radical (unpaired) electrons. The molecule has 3 atom stereocenters. The molecule has 1 aliphatic carbocycles. The third kappa shape index (κ3) is 5.56. The monoisotopic (exact) mass is 553 g/mol. The predicted molar refractivity (Wildman–Crippen MR) is 146 cm³/mol. The lowest BCUT2D eigenvalue weighted by Crippen LogP contribution is -2.49. The molecule has 11 heteroatoms. The van der Waals surface area contributed by atoms with Crippen molar-refractivity contribution < 1.29 is 23.8 Å². The van der Waals surface area contributed by atoms with E-state index in [-0.39, 0.29) is 23.6 Å². The standard InChI is InChI=1S/C28H29ClFN5O4/c29-22-8-16(3-4-23(22)30)33-28-18-9-25(34-27(37)2-1-6-35-7-5-17(35)11-36)26(10-24(18)31-15-32-28)39-14-21-19-12-38-13-20(19)21/h1-4,8-10,15,17,19-21,36H,5-7,11-14H2,(H,34,37)(H,31,32,33)/b2-1+. The highest BCUT2D eigenvalue weighted by Crippen LogP contribution is 2.51. The maximum Gasteiger partial charge on any atom is 0.248 e. The Morgan fingerprint density at radius 2 is 2.10 bits per heavy atom. The summed E-state index contributed by atoms with van der Waals surface area (Å²) in [6.07, 6.45) is 5.67. The summed E-state index contributed by atoms with van der Waals surface area (Å²) in [7, 11) is 0. The molecule has 3 fully saturated rings. The zero-order valence-electron chi connectivity index (χ0n) is 21.1. The van der Waals surface area contributed by atoms with E-state index in [0.29, 0.717) is 64.8 Å². The average molecular weight is 554 g/mol. The van der Waals surface area contributed by atoms with Crippen molar-refractivity contribution in [3.63, 3.8) is 0 Å². The molecule has 9 nitrogen and oxygen atoms in total. The number of rotatable bonds is 10. The fourth-order valence-corrected chi connectivity index (χ4v) is 5.49. The molecule has 3 unspecified atom stereocenters. The van der Waals surface area contributed by atoms with Gasteiger partial charge < -0.3 is 25.2 Å². The summed E-state index contributed by atoms with van der Waals surface area (Å²) in [5, 5.41) is 16.1. The van der Waals surface area contributed by atoms with Crippen LogP contribution < -0.4 is 15.4 Å². The van der Waals surface area contributed by atoms with Crippen LogP contribution >= 0.6 is 11.6 Å². The SMILES string of the molecule is O=C(/C=C/CN1CCC1CO)Nc1cc2c(Nc3ccc(F)c(Cl)c3)ncnc2cc1OCC1C2COCC21. The Kier molecular flexibility index (Phi) is 7.35. The molecule has 3 aliphatic rings. The number of likely N-dealkylation sites (tertiary alicyclic amines) is 1. The zero-order chi connectivity index (χ0) is 26.9. The van der Waals surface area contributed by atoms with Crippen LogP contribution in [0.15, 0.2) is 48.8 Å². The molecule has 1 saturated carbocycles. The van der Waals surface area contributed by atoms with Gasteiger partial charge in [-0.25, -0.2) is 14.4 Å². The average Bonchev–Trinajstić information content (AvgIpc) is 3.32. The van der Waals surface area contributed by atoms with Gasteiger partial charge in [0.05, 0.1) is 42.7 Å². The number of hydrogen-bond acceptors (Lipinski definition) is 8. The van der Waals surface area contributed by atoms with Gasteiger partial charge in [-0.15, -0.1) is 0 Å². The zero-order valence-corrected chi connectivity index (χ0v) is 21.9. The van der Waals surface area contributed by atoms with E-state index in [1.807, 2.05) is 0 Å². The largest absolute Gasteiger partial charge is 0.491 e. The highest BCUT2D eigenvalue weighted by molar-refractivity contribution is 6.31. The van der Waals surface area contributed by atoms with Crippen LogP contribution in [0.1, 0.15) is 6.42 Å². The van der Waals surface area contributed by atoms with E-state index in [0.717, 1.165) is 26.2 Å². The number of halogens is 2. The quantitative estimate of drug-likeness (QED) is 0.323. The molecule has 1 aromatic heterocycles. The fraction of sp³-hybridized carbons (Fsp3) is 0.393. The Bertz CT molecular complexity index is 1410. The lowest BCUT2D eigenvalue weighted by atomic mass is 10.0. The summed E-state index contributed by atoms with van der Waals surface area (Å²) in [5.41, 5.74) is 1.67. The molecule has 1 amide bonds. The van der Waals surface area contributed by atoms with Crippen molar-refractivity contribution in [3.8, 4) is 5.75 Å². The summed E-state index contributed by atoms with van der Waals surface area (Å²) in [6.45, 7) is 3.70.